The summed E-state index contributed by atoms with van der Waals surface area (Å²) in [5.74, 6) is -0.659. The van der Waals surface area contributed by atoms with E-state index < -0.39 is 18.2 Å². The lowest BCUT2D eigenvalue weighted by molar-refractivity contribution is -0.211. The summed E-state index contributed by atoms with van der Waals surface area (Å²) in [6.07, 6.45) is 1.50. The number of amides is 2. The topological polar surface area (TPSA) is 70.1 Å². The Labute approximate surface area is 100 Å². The molecule has 0 aromatic heterocycles. The van der Waals surface area contributed by atoms with E-state index in [1.807, 2.05) is 0 Å². The van der Waals surface area contributed by atoms with Crippen molar-refractivity contribution in [1.82, 2.24) is 9.96 Å². The van der Waals surface area contributed by atoms with E-state index in [9.17, 15) is 14.8 Å². The molecule has 2 rings (SSSR count). The number of esters is 1. The summed E-state index contributed by atoms with van der Waals surface area (Å²) >= 11 is 0. The van der Waals surface area contributed by atoms with E-state index in [2.05, 4.69) is 0 Å². The molecule has 0 aromatic rings. The summed E-state index contributed by atoms with van der Waals surface area (Å²) in [5.41, 5.74) is 0. The largest absolute Gasteiger partial charge is 0.439 e. The molecule has 0 bridgehead atoms. The van der Waals surface area contributed by atoms with Crippen molar-refractivity contribution in [3.05, 3.63) is 0 Å². The maximum Gasteiger partial charge on any atom is 0.347 e. The Morgan fingerprint density at radius 3 is 2.88 bits per heavy atom. The van der Waals surface area contributed by atoms with Crippen LogP contribution in [0.4, 0.5) is 4.79 Å². The highest BCUT2D eigenvalue weighted by Gasteiger charge is 2.43. The molecule has 0 aromatic carbocycles. The maximum absolute atomic E-state index is 11.8. The van der Waals surface area contributed by atoms with Gasteiger partial charge in [-0.25, -0.2) is 4.79 Å². The van der Waals surface area contributed by atoms with Crippen LogP contribution in [0.3, 0.4) is 0 Å². The molecule has 2 aliphatic heterocycles. The van der Waals surface area contributed by atoms with E-state index in [1.165, 1.54) is 0 Å². The second-order valence-electron chi connectivity index (χ2n) is 4.90. The maximum atomic E-state index is 11.8. The van der Waals surface area contributed by atoms with Crippen molar-refractivity contribution in [3.63, 3.8) is 0 Å². The van der Waals surface area contributed by atoms with Gasteiger partial charge in [-0.05, 0) is 12.8 Å². The fraction of sp³-hybridized carbons (Fsp3) is 0.818. The van der Waals surface area contributed by atoms with Gasteiger partial charge in [-0.1, -0.05) is 13.8 Å². The summed E-state index contributed by atoms with van der Waals surface area (Å²) in [7, 11) is 0. The number of hydrogen-bond donors (Lipinski definition) is 1. The van der Waals surface area contributed by atoms with Gasteiger partial charge in [0.2, 0.25) is 6.23 Å². The van der Waals surface area contributed by atoms with Gasteiger partial charge in [0.1, 0.15) is 0 Å². The third-order valence-corrected chi connectivity index (χ3v) is 3.29. The zero-order valence-electron chi connectivity index (χ0n) is 10.1. The number of carbonyl (C=O) groups excluding carboxylic acids is 2. The molecule has 2 atom stereocenters. The molecule has 2 aliphatic rings. The van der Waals surface area contributed by atoms with Crippen molar-refractivity contribution < 1.29 is 19.5 Å². The molecule has 1 N–H and O–H groups in total. The third-order valence-electron chi connectivity index (χ3n) is 3.29. The average Bonchev–Trinajstić information content (AvgIpc) is 2.73. The minimum absolute atomic E-state index is 0.0934. The predicted octanol–water partition coefficient (Wildman–Crippen LogP) is 1.19. The quantitative estimate of drug-likeness (QED) is 0.583. The predicted molar refractivity (Wildman–Crippen MR) is 58.1 cm³/mol. The standard InChI is InChI=1S/C11H18N2O4/c1-7(2)10(14)17-9-6-8-4-3-5-12(8)11(15)13(9)16/h7-9,16H,3-6H2,1-2H3. The number of nitrogens with zero attached hydrogens (tertiary/aromatic N) is 2. The second kappa shape index (κ2) is 4.52. The van der Waals surface area contributed by atoms with Gasteiger partial charge in [0, 0.05) is 19.0 Å². The zero-order valence-corrected chi connectivity index (χ0v) is 10.1. The summed E-state index contributed by atoms with van der Waals surface area (Å²) in [6.45, 7) is 4.11. The second-order valence-corrected chi connectivity index (χ2v) is 4.90. The summed E-state index contributed by atoms with van der Waals surface area (Å²) in [4.78, 5) is 24.9. The van der Waals surface area contributed by atoms with Crippen LogP contribution >= 0.6 is 0 Å². The molecule has 96 valence electrons. The molecule has 0 saturated carbocycles. The first-order valence-corrected chi connectivity index (χ1v) is 6.00. The lowest BCUT2D eigenvalue weighted by Crippen LogP contribution is -2.56. The van der Waals surface area contributed by atoms with Crippen LogP contribution in [-0.4, -0.2) is 46.0 Å². The van der Waals surface area contributed by atoms with Crippen molar-refractivity contribution in [2.45, 2.75) is 45.4 Å². The van der Waals surface area contributed by atoms with Crippen LogP contribution in [0.2, 0.25) is 0 Å². The molecule has 17 heavy (non-hydrogen) atoms. The van der Waals surface area contributed by atoms with E-state index in [-0.39, 0.29) is 12.0 Å². The Bertz CT molecular complexity index is 331. The molecule has 2 heterocycles. The van der Waals surface area contributed by atoms with Crippen molar-refractivity contribution in [3.8, 4) is 0 Å². The zero-order chi connectivity index (χ0) is 12.6. The van der Waals surface area contributed by atoms with Crippen LogP contribution in [0.25, 0.3) is 0 Å². The van der Waals surface area contributed by atoms with Crippen molar-refractivity contribution in [2.24, 2.45) is 5.92 Å². The normalized spacial score (nSPS) is 28.6. The Kier molecular flexibility index (Phi) is 3.24. The summed E-state index contributed by atoms with van der Waals surface area (Å²) in [5, 5.41) is 10.2. The third kappa shape index (κ3) is 2.22. The number of urea groups is 1. The molecular weight excluding hydrogens is 224 g/mol. The average molecular weight is 242 g/mol. The molecule has 2 saturated heterocycles. The molecule has 2 fully saturated rings. The first kappa shape index (κ1) is 12.2. The summed E-state index contributed by atoms with van der Waals surface area (Å²) in [6, 6.07) is -0.365. The SMILES string of the molecule is CC(C)C(=O)OC1CC2CCCN2C(=O)N1O. The molecule has 0 radical (unpaired) electrons. The van der Waals surface area contributed by atoms with E-state index in [0.29, 0.717) is 18.0 Å². The minimum atomic E-state index is -0.836. The van der Waals surface area contributed by atoms with Gasteiger partial charge in [0.05, 0.1) is 5.92 Å². The fourth-order valence-electron chi connectivity index (χ4n) is 2.29. The molecule has 2 unspecified atom stereocenters. The summed E-state index contributed by atoms with van der Waals surface area (Å²) < 4.78 is 5.13. The lowest BCUT2D eigenvalue weighted by Gasteiger charge is -2.39. The van der Waals surface area contributed by atoms with Gasteiger partial charge < -0.3 is 9.64 Å². The van der Waals surface area contributed by atoms with E-state index in [1.54, 1.807) is 18.7 Å². The van der Waals surface area contributed by atoms with Crippen LogP contribution in [0.5, 0.6) is 0 Å². The van der Waals surface area contributed by atoms with E-state index >= 15 is 0 Å². The molecule has 0 aliphatic carbocycles. The highest BCUT2D eigenvalue weighted by molar-refractivity contribution is 5.76. The van der Waals surface area contributed by atoms with Crippen molar-refractivity contribution >= 4 is 12.0 Å². The first-order valence-electron chi connectivity index (χ1n) is 6.00. The number of carbonyl (C=O) groups is 2. The number of hydroxylamine groups is 2. The van der Waals surface area contributed by atoms with Gasteiger partial charge in [-0.2, -0.15) is 5.06 Å². The lowest BCUT2D eigenvalue weighted by atomic mass is 10.1. The van der Waals surface area contributed by atoms with Gasteiger partial charge in [0.15, 0.2) is 0 Å². The van der Waals surface area contributed by atoms with Gasteiger partial charge >= 0.3 is 12.0 Å². The number of ether oxygens (including phenoxy) is 1. The van der Waals surface area contributed by atoms with Crippen LogP contribution in [-0.2, 0) is 9.53 Å². The molecule has 6 heteroatoms. The highest BCUT2D eigenvalue weighted by atomic mass is 16.6. The fourth-order valence-corrected chi connectivity index (χ4v) is 2.29. The Morgan fingerprint density at radius 1 is 1.53 bits per heavy atom. The molecular formula is C11H18N2O4. The Hall–Kier alpha value is -1.30. The number of fused-ring (bicyclic) bond motifs is 1. The van der Waals surface area contributed by atoms with Crippen LogP contribution < -0.4 is 0 Å². The smallest absolute Gasteiger partial charge is 0.347 e. The van der Waals surface area contributed by atoms with Crippen LogP contribution in [0.15, 0.2) is 0 Å². The van der Waals surface area contributed by atoms with E-state index in [4.69, 9.17) is 4.74 Å². The van der Waals surface area contributed by atoms with E-state index in [0.717, 1.165) is 12.8 Å². The van der Waals surface area contributed by atoms with Gasteiger partial charge in [0.25, 0.3) is 0 Å². The minimum Gasteiger partial charge on any atom is -0.439 e. The first-order chi connectivity index (χ1) is 8.00. The van der Waals surface area contributed by atoms with Crippen molar-refractivity contribution in [1.29, 1.82) is 0 Å². The monoisotopic (exact) mass is 242 g/mol. The van der Waals surface area contributed by atoms with Gasteiger partial charge in [-0.15, -0.1) is 0 Å². The van der Waals surface area contributed by atoms with Crippen LogP contribution in [0, 0.1) is 5.92 Å². The Balaban J connectivity index is 2.03. The molecule has 0 spiro atoms. The highest BCUT2D eigenvalue weighted by Crippen LogP contribution is 2.29. The van der Waals surface area contributed by atoms with Gasteiger partial charge in [-0.3, -0.25) is 10.0 Å². The Morgan fingerprint density at radius 2 is 2.24 bits per heavy atom. The number of hydrogen-bond acceptors (Lipinski definition) is 4. The molecule has 6 nitrogen and oxygen atoms in total. The molecule has 2 amide bonds. The number of rotatable bonds is 2. The van der Waals surface area contributed by atoms with Crippen molar-refractivity contribution in [2.75, 3.05) is 6.54 Å². The van der Waals surface area contributed by atoms with Crippen LogP contribution in [0.1, 0.15) is 33.1 Å².